The molecular formula is C46H33N5. The first-order valence-electron chi connectivity index (χ1n) is 17.1. The van der Waals surface area contributed by atoms with Crippen LogP contribution in [-0.2, 0) is 0 Å². The fraction of sp³-hybridized carbons (Fsp3) is 0.0217. The number of benzene rings is 6. The lowest BCUT2D eigenvalue weighted by Crippen LogP contribution is -2.08. The number of aromatic nitrogens is 5. The first kappa shape index (κ1) is 30.2. The lowest BCUT2D eigenvalue weighted by Gasteiger charge is -2.13. The summed E-state index contributed by atoms with van der Waals surface area (Å²) in [4.78, 5) is 15.5. The Labute approximate surface area is 295 Å². The molecule has 242 valence electrons. The number of para-hydroxylation sites is 3. The molecule has 0 spiro atoms. The molecule has 0 atom stereocenters. The number of allylic oxidation sites excluding steroid dienone is 5. The Morgan fingerprint density at radius 1 is 0.529 bits per heavy atom. The van der Waals surface area contributed by atoms with Gasteiger partial charge in [0.05, 0.1) is 22.1 Å². The van der Waals surface area contributed by atoms with Crippen LogP contribution in [0.1, 0.15) is 18.3 Å². The maximum Gasteiger partial charge on any atom is 0.238 e. The Kier molecular flexibility index (Phi) is 7.44. The van der Waals surface area contributed by atoms with Gasteiger partial charge in [0.25, 0.3) is 0 Å². The van der Waals surface area contributed by atoms with Crippen molar-refractivity contribution < 1.29 is 0 Å². The van der Waals surface area contributed by atoms with Gasteiger partial charge in [0.2, 0.25) is 5.95 Å². The molecule has 5 heteroatoms. The summed E-state index contributed by atoms with van der Waals surface area (Å²) in [7, 11) is 0. The first-order chi connectivity index (χ1) is 25.2. The Hall–Kier alpha value is -6.85. The first-order valence-corrected chi connectivity index (χ1v) is 17.1. The topological polar surface area (TPSA) is 48.5 Å². The SMILES string of the molecule is C=C/C(=C\C=C(/C)c1nc(-c2ccccc2)nc(-n2c3ccccc3c3ccc4c5ccccc5n(-c5ccccc5)c4c32)n1)c1ccccc1. The smallest absolute Gasteiger partial charge is 0.238 e. The second kappa shape index (κ2) is 12.6. The minimum atomic E-state index is 0.561. The molecule has 0 unspecified atom stereocenters. The summed E-state index contributed by atoms with van der Waals surface area (Å²) in [6.07, 6.45) is 6.02. The van der Waals surface area contributed by atoms with Crippen LogP contribution in [0.25, 0.3) is 77.8 Å². The van der Waals surface area contributed by atoms with Crippen molar-refractivity contribution in [3.05, 3.63) is 188 Å². The van der Waals surface area contributed by atoms with E-state index in [4.69, 9.17) is 15.0 Å². The molecule has 0 N–H and O–H groups in total. The zero-order valence-corrected chi connectivity index (χ0v) is 28.1. The van der Waals surface area contributed by atoms with Crippen LogP contribution < -0.4 is 0 Å². The van der Waals surface area contributed by atoms with Crippen LogP contribution in [-0.4, -0.2) is 24.1 Å². The molecule has 9 aromatic rings. The van der Waals surface area contributed by atoms with Gasteiger partial charge in [0, 0.05) is 32.8 Å². The summed E-state index contributed by atoms with van der Waals surface area (Å²) in [6.45, 7) is 6.12. The predicted octanol–water partition coefficient (Wildman–Crippen LogP) is 11.4. The number of rotatable bonds is 7. The fourth-order valence-corrected chi connectivity index (χ4v) is 7.11. The van der Waals surface area contributed by atoms with E-state index in [1.54, 1.807) is 0 Å². The van der Waals surface area contributed by atoms with Crippen molar-refractivity contribution in [3.8, 4) is 23.0 Å². The van der Waals surface area contributed by atoms with E-state index in [-0.39, 0.29) is 0 Å². The molecule has 5 nitrogen and oxygen atoms in total. The molecule has 3 heterocycles. The Morgan fingerprint density at radius 3 is 1.73 bits per heavy atom. The minimum absolute atomic E-state index is 0.561. The zero-order chi connectivity index (χ0) is 34.3. The zero-order valence-electron chi connectivity index (χ0n) is 28.1. The second-order valence-corrected chi connectivity index (χ2v) is 12.6. The Balaban J connectivity index is 1.37. The molecule has 0 saturated carbocycles. The van der Waals surface area contributed by atoms with Crippen LogP contribution in [0.4, 0.5) is 0 Å². The van der Waals surface area contributed by atoms with Gasteiger partial charge in [-0.15, -0.1) is 0 Å². The summed E-state index contributed by atoms with van der Waals surface area (Å²) in [6, 6.07) is 52.6. The number of hydrogen-bond donors (Lipinski definition) is 0. The van der Waals surface area contributed by atoms with Gasteiger partial charge in [-0.25, -0.2) is 4.98 Å². The Morgan fingerprint density at radius 2 is 1.08 bits per heavy atom. The molecular weight excluding hydrogens is 623 g/mol. The maximum absolute atomic E-state index is 5.25. The molecule has 0 bridgehead atoms. The summed E-state index contributed by atoms with van der Waals surface area (Å²) < 4.78 is 4.60. The minimum Gasteiger partial charge on any atom is -0.307 e. The third kappa shape index (κ3) is 5.15. The molecule has 0 aliphatic heterocycles. The van der Waals surface area contributed by atoms with Gasteiger partial charge in [0.1, 0.15) is 0 Å². The van der Waals surface area contributed by atoms with E-state index in [9.17, 15) is 0 Å². The summed E-state index contributed by atoms with van der Waals surface area (Å²) in [5.41, 5.74) is 9.37. The lowest BCUT2D eigenvalue weighted by atomic mass is 10.1. The summed E-state index contributed by atoms with van der Waals surface area (Å²) in [5, 5.41) is 4.63. The van der Waals surface area contributed by atoms with Crippen molar-refractivity contribution >= 4 is 54.8 Å². The van der Waals surface area contributed by atoms with E-state index in [0.29, 0.717) is 17.6 Å². The van der Waals surface area contributed by atoms with Gasteiger partial charge >= 0.3 is 0 Å². The van der Waals surface area contributed by atoms with Gasteiger partial charge in [-0.3, -0.25) is 4.57 Å². The van der Waals surface area contributed by atoms with Crippen molar-refractivity contribution in [1.82, 2.24) is 24.1 Å². The molecule has 0 saturated heterocycles. The van der Waals surface area contributed by atoms with Crippen LogP contribution in [0.3, 0.4) is 0 Å². The third-order valence-electron chi connectivity index (χ3n) is 9.53. The van der Waals surface area contributed by atoms with Crippen molar-refractivity contribution in [3.63, 3.8) is 0 Å². The highest BCUT2D eigenvalue weighted by molar-refractivity contribution is 6.23. The van der Waals surface area contributed by atoms with Crippen molar-refractivity contribution in [1.29, 1.82) is 0 Å². The standard InChI is InChI=1S/C46H33N5/c1-3-32(33-17-7-4-8-18-33)28-27-31(2)44-47-45(34-19-9-5-10-20-34)49-46(48-44)51-41-26-16-14-24-37(41)39-30-29-38-36-23-13-15-25-40(36)50(42(38)43(39)51)35-21-11-6-12-22-35/h3-30H,1H2,2H3/b31-27+,32-28+. The van der Waals surface area contributed by atoms with Crippen LogP contribution in [0.15, 0.2) is 176 Å². The largest absolute Gasteiger partial charge is 0.307 e. The maximum atomic E-state index is 5.25. The number of fused-ring (bicyclic) bond motifs is 7. The Bertz CT molecular complexity index is 2810. The van der Waals surface area contributed by atoms with Crippen molar-refractivity contribution in [2.75, 3.05) is 0 Å². The summed E-state index contributed by atoms with van der Waals surface area (Å²) in [5.74, 6) is 1.78. The number of hydrogen-bond acceptors (Lipinski definition) is 3. The molecule has 9 rings (SSSR count). The molecule has 0 radical (unpaired) electrons. The van der Waals surface area contributed by atoms with E-state index < -0.39 is 0 Å². The quantitative estimate of drug-likeness (QED) is 0.161. The molecule has 0 aliphatic carbocycles. The van der Waals surface area contributed by atoms with Gasteiger partial charge in [-0.05, 0) is 47.9 Å². The monoisotopic (exact) mass is 655 g/mol. The van der Waals surface area contributed by atoms with Crippen LogP contribution in [0, 0.1) is 0 Å². The molecule has 0 amide bonds. The van der Waals surface area contributed by atoms with Gasteiger partial charge in [-0.1, -0.05) is 152 Å². The van der Waals surface area contributed by atoms with Crippen LogP contribution in [0.5, 0.6) is 0 Å². The van der Waals surface area contributed by atoms with E-state index in [2.05, 4.69) is 131 Å². The molecule has 3 aromatic heterocycles. The normalized spacial score (nSPS) is 12.3. The van der Waals surface area contributed by atoms with Gasteiger partial charge in [-0.2, -0.15) is 9.97 Å². The highest BCUT2D eigenvalue weighted by Gasteiger charge is 2.23. The van der Waals surface area contributed by atoms with Crippen LogP contribution in [0.2, 0.25) is 0 Å². The molecule has 0 fully saturated rings. The number of nitrogens with zero attached hydrogens (tertiary/aromatic N) is 5. The van der Waals surface area contributed by atoms with Gasteiger partial charge in [0.15, 0.2) is 11.6 Å². The van der Waals surface area contributed by atoms with Crippen molar-refractivity contribution in [2.45, 2.75) is 6.92 Å². The third-order valence-corrected chi connectivity index (χ3v) is 9.53. The van der Waals surface area contributed by atoms with E-state index in [0.717, 1.165) is 60.8 Å². The lowest BCUT2D eigenvalue weighted by molar-refractivity contribution is 0.930. The van der Waals surface area contributed by atoms with E-state index >= 15 is 0 Å². The van der Waals surface area contributed by atoms with E-state index in [1.165, 1.54) is 10.8 Å². The predicted molar refractivity (Wildman–Crippen MR) is 212 cm³/mol. The molecule has 6 aromatic carbocycles. The molecule has 0 aliphatic rings. The van der Waals surface area contributed by atoms with E-state index in [1.807, 2.05) is 61.5 Å². The summed E-state index contributed by atoms with van der Waals surface area (Å²) >= 11 is 0. The van der Waals surface area contributed by atoms with Gasteiger partial charge < -0.3 is 4.57 Å². The van der Waals surface area contributed by atoms with Crippen LogP contribution >= 0.6 is 0 Å². The fourth-order valence-electron chi connectivity index (χ4n) is 7.11. The molecule has 51 heavy (non-hydrogen) atoms. The average Bonchev–Trinajstić information content (AvgIpc) is 3.72. The average molecular weight is 656 g/mol. The highest BCUT2D eigenvalue weighted by Crippen LogP contribution is 2.41. The second-order valence-electron chi connectivity index (χ2n) is 12.6. The highest BCUT2D eigenvalue weighted by atomic mass is 15.2. The van der Waals surface area contributed by atoms with Crippen molar-refractivity contribution in [2.24, 2.45) is 0 Å².